The molecule has 0 aliphatic rings. The van der Waals surface area contributed by atoms with Gasteiger partial charge in [-0.15, -0.1) is 0 Å². The monoisotopic (exact) mass is 412 g/mol. The normalized spacial score (nSPS) is 11.1. The summed E-state index contributed by atoms with van der Waals surface area (Å²) in [6.45, 7) is -0.415. The molecule has 0 aliphatic heterocycles. The molecule has 0 saturated heterocycles. The fraction of sp³-hybridized carbons (Fsp3) is 0.333. The van der Waals surface area contributed by atoms with Crippen LogP contribution in [-0.2, 0) is 12.8 Å². The van der Waals surface area contributed by atoms with Gasteiger partial charge in [0.15, 0.2) is 23.0 Å². The van der Waals surface area contributed by atoms with Gasteiger partial charge in [-0.25, -0.2) is 0 Å². The SMILES string of the molecule is COc1ccc(C/C(C#CCO)=C(\CO)Cc2ccc(OC)c(OC)c2)cc1OC. The van der Waals surface area contributed by atoms with E-state index in [2.05, 4.69) is 11.8 Å². The van der Waals surface area contributed by atoms with Crippen molar-refractivity contribution in [3.63, 3.8) is 0 Å². The molecule has 0 bridgehead atoms. The number of ether oxygens (including phenoxy) is 4. The highest BCUT2D eigenvalue weighted by Crippen LogP contribution is 2.30. The van der Waals surface area contributed by atoms with Crippen LogP contribution in [0.4, 0.5) is 0 Å². The second kappa shape index (κ2) is 11.8. The molecule has 2 aromatic rings. The van der Waals surface area contributed by atoms with E-state index < -0.39 is 0 Å². The molecule has 0 aromatic heterocycles. The van der Waals surface area contributed by atoms with Crippen molar-refractivity contribution in [2.75, 3.05) is 41.7 Å². The van der Waals surface area contributed by atoms with Gasteiger partial charge in [0, 0.05) is 12.0 Å². The number of hydrogen-bond donors (Lipinski definition) is 2. The summed E-state index contributed by atoms with van der Waals surface area (Å²) < 4.78 is 21.3. The van der Waals surface area contributed by atoms with E-state index in [9.17, 15) is 10.2 Å². The van der Waals surface area contributed by atoms with Gasteiger partial charge in [-0.1, -0.05) is 24.0 Å². The van der Waals surface area contributed by atoms with E-state index in [1.54, 1.807) is 28.4 Å². The number of aliphatic hydroxyl groups is 2. The van der Waals surface area contributed by atoms with Gasteiger partial charge in [-0.3, -0.25) is 0 Å². The van der Waals surface area contributed by atoms with Gasteiger partial charge in [0.25, 0.3) is 0 Å². The van der Waals surface area contributed by atoms with Gasteiger partial charge < -0.3 is 29.2 Å². The molecule has 0 saturated carbocycles. The maximum absolute atomic E-state index is 10.1. The first-order chi connectivity index (χ1) is 14.6. The predicted octanol–water partition coefficient (Wildman–Crippen LogP) is 2.79. The summed E-state index contributed by atoms with van der Waals surface area (Å²) in [5.74, 6) is 8.22. The molecule has 6 heteroatoms. The number of benzene rings is 2. The van der Waals surface area contributed by atoms with Crippen LogP contribution in [-0.4, -0.2) is 51.9 Å². The Balaban J connectivity index is 2.41. The molecule has 0 amide bonds. The number of aliphatic hydroxyl groups excluding tert-OH is 2. The first-order valence-corrected chi connectivity index (χ1v) is 9.43. The molecule has 0 spiro atoms. The largest absolute Gasteiger partial charge is 0.493 e. The van der Waals surface area contributed by atoms with Crippen molar-refractivity contribution in [1.29, 1.82) is 0 Å². The number of methoxy groups -OCH3 is 4. The Hall–Kier alpha value is -3.14. The Kier molecular flexibility index (Phi) is 9.07. The van der Waals surface area contributed by atoms with E-state index in [-0.39, 0.29) is 13.2 Å². The van der Waals surface area contributed by atoms with E-state index in [1.165, 1.54) is 0 Å². The molecule has 2 rings (SSSR count). The standard InChI is InChI=1S/C24H28O6/c1-27-21-9-7-17(14-23(21)29-3)12-19(6-5-11-25)20(16-26)13-18-8-10-22(28-2)24(15-18)30-4/h7-10,14-15,25-26H,11-13,16H2,1-4H3/b20-19-. The summed E-state index contributed by atoms with van der Waals surface area (Å²) in [6, 6.07) is 11.3. The first-order valence-electron chi connectivity index (χ1n) is 9.43. The van der Waals surface area contributed by atoms with E-state index in [0.29, 0.717) is 35.8 Å². The molecular weight excluding hydrogens is 384 g/mol. The Labute approximate surface area is 177 Å². The molecule has 0 radical (unpaired) electrons. The van der Waals surface area contributed by atoms with Crippen LogP contribution in [0.1, 0.15) is 11.1 Å². The zero-order valence-corrected chi connectivity index (χ0v) is 17.8. The molecule has 30 heavy (non-hydrogen) atoms. The summed E-state index contributed by atoms with van der Waals surface area (Å²) in [5, 5.41) is 19.2. The molecule has 0 aliphatic carbocycles. The molecule has 0 heterocycles. The van der Waals surface area contributed by atoms with E-state index in [0.717, 1.165) is 22.3 Å². The fourth-order valence-corrected chi connectivity index (χ4v) is 3.09. The van der Waals surface area contributed by atoms with Crippen molar-refractivity contribution in [2.45, 2.75) is 12.8 Å². The number of hydrogen-bond acceptors (Lipinski definition) is 6. The highest BCUT2D eigenvalue weighted by atomic mass is 16.5. The molecule has 0 unspecified atom stereocenters. The van der Waals surface area contributed by atoms with Crippen LogP contribution in [0.15, 0.2) is 47.5 Å². The van der Waals surface area contributed by atoms with Crippen LogP contribution in [0.3, 0.4) is 0 Å². The van der Waals surface area contributed by atoms with Crippen molar-refractivity contribution < 1.29 is 29.2 Å². The molecular formula is C24H28O6. The van der Waals surface area contributed by atoms with Crippen LogP contribution in [0.5, 0.6) is 23.0 Å². The number of rotatable bonds is 9. The van der Waals surface area contributed by atoms with Crippen molar-refractivity contribution in [2.24, 2.45) is 0 Å². The third-order valence-corrected chi connectivity index (χ3v) is 4.63. The van der Waals surface area contributed by atoms with Crippen LogP contribution in [0.2, 0.25) is 0 Å². The van der Waals surface area contributed by atoms with Crippen molar-refractivity contribution in [3.8, 4) is 34.8 Å². The lowest BCUT2D eigenvalue weighted by Gasteiger charge is -2.14. The average molecular weight is 412 g/mol. The molecule has 2 aromatic carbocycles. The van der Waals surface area contributed by atoms with E-state index in [1.807, 2.05) is 36.4 Å². The van der Waals surface area contributed by atoms with Crippen LogP contribution in [0.25, 0.3) is 0 Å². The highest BCUT2D eigenvalue weighted by Gasteiger charge is 2.12. The lowest BCUT2D eigenvalue weighted by Crippen LogP contribution is -2.04. The lowest BCUT2D eigenvalue weighted by molar-refractivity contribution is 0.327. The third-order valence-electron chi connectivity index (χ3n) is 4.63. The minimum Gasteiger partial charge on any atom is -0.493 e. The third kappa shape index (κ3) is 5.93. The molecule has 0 atom stereocenters. The van der Waals surface area contributed by atoms with Gasteiger partial charge in [0.2, 0.25) is 0 Å². The fourth-order valence-electron chi connectivity index (χ4n) is 3.09. The average Bonchev–Trinajstić information content (AvgIpc) is 2.79. The number of allylic oxidation sites excluding steroid dienone is 1. The maximum Gasteiger partial charge on any atom is 0.160 e. The smallest absolute Gasteiger partial charge is 0.160 e. The summed E-state index contributed by atoms with van der Waals surface area (Å²) in [6.07, 6.45) is 0.968. The minimum atomic E-state index is -0.259. The van der Waals surface area contributed by atoms with Gasteiger partial charge in [-0.2, -0.15) is 0 Å². The van der Waals surface area contributed by atoms with Crippen molar-refractivity contribution in [1.82, 2.24) is 0 Å². The summed E-state index contributed by atoms with van der Waals surface area (Å²) in [7, 11) is 6.34. The summed E-state index contributed by atoms with van der Waals surface area (Å²) >= 11 is 0. The van der Waals surface area contributed by atoms with Crippen LogP contribution >= 0.6 is 0 Å². The Morgan fingerprint density at radius 1 is 0.733 bits per heavy atom. The van der Waals surface area contributed by atoms with Crippen LogP contribution < -0.4 is 18.9 Å². The predicted molar refractivity (Wildman–Crippen MR) is 115 cm³/mol. The maximum atomic E-state index is 10.1. The van der Waals surface area contributed by atoms with E-state index >= 15 is 0 Å². The second-order valence-corrected chi connectivity index (χ2v) is 6.43. The molecule has 2 N–H and O–H groups in total. The van der Waals surface area contributed by atoms with Crippen molar-refractivity contribution >= 4 is 0 Å². The Morgan fingerprint density at radius 3 is 1.67 bits per heavy atom. The Morgan fingerprint density at radius 2 is 1.23 bits per heavy atom. The summed E-state index contributed by atoms with van der Waals surface area (Å²) in [5.41, 5.74) is 3.41. The topological polar surface area (TPSA) is 77.4 Å². The first kappa shape index (κ1) is 23.1. The van der Waals surface area contributed by atoms with Gasteiger partial charge in [-0.05, 0) is 47.4 Å². The van der Waals surface area contributed by atoms with Crippen molar-refractivity contribution in [3.05, 3.63) is 58.7 Å². The molecule has 0 fully saturated rings. The lowest BCUT2D eigenvalue weighted by atomic mass is 9.95. The Bertz CT molecular complexity index is 936. The van der Waals surface area contributed by atoms with Crippen LogP contribution in [0, 0.1) is 11.8 Å². The summed E-state index contributed by atoms with van der Waals surface area (Å²) in [4.78, 5) is 0. The minimum absolute atomic E-state index is 0.156. The zero-order chi connectivity index (χ0) is 21.9. The molecule has 160 valence electrons. The van der Waals surface area contributed by atoms with Gasteiger partial charge >= 0.3 is 0 Å². The highest BCUT2D eigenvalue weighted by molar-refractivity contribution is 5.48. The van der Waals surface area contributed by atoms with Gasteiger partial charge in [0.1, 0.15) is 6.61 Å². The van der Waals surface area contributed by atoms with E-state index in [4.69, 9.17) is 18.9 Å². The zero-order valence-electron chi connectivity index (χ0n) is 17.8. The quantitative estimate of drug-likeness (QED) is 0.617. The molecule has 6 nitrogen and oxygen atoms in total. The van der Waals surface area contributed by atoms with Gasteiger partial charge in [0.05, 0.1) is 35.0 Å². The second-order valence-electron chi connectivity index (χ2n) is 6.43.